The van der Waals surface area contributed by atoms with Crippen LogP contribution in [0.5, 0.6) is 0 Å². The Hall–Kier alpha value is -1.12. The summed E-state index contributed by atoms with van der Waals surface area (Å²) < 4.78 is 0. The molecule has 0 aromatic heterocycles. The summed E-state index contributed by atoms with van der Waals surface area (Å²) in [6.07, 6.45) is 22.2. The molecule has 1 aliphatic rings. The van der Waals surface area contributed by atoms with Crippen molar-refractivity contribution in [3.8, 4) is 0 Å². The largest absolute Gasteiger partial charge is 0.366 e. The Bertz CT molecular complexity index is 374. The third-order valence-corrected chi connectivity index (χ3v) is 4.60. The van der Waals surface area contributed by atoms with Crippen molar-refractivity contribution in [3.05, 3.63) is 12.2 Å². The molecule has 0 fully saturated rings. The molecule has 0 aromatic carbocycles. The van der Waals surface area contributed by atoms with Gasteiger partial charge < -0.3 is 5.32 Å². The number of rotatable bonds is 16. The Morgan fingerprint density at radius 1 is 0.917 bits per heavy atom. The van der Waals surface area contributed by atoms with Gasteiger partial charge in [0.15, 0.2) is 11.6 Å². The number of aliphatic imine (C=N–C) groups is 1. The summed E-state index contributed by atoms with van der Waals surface area (Å²) in [6.45, 7) is 3.85. The van der Waals surface area contributed by atoms with Crippen molar-refractivity contribution >= 4 is 11.6 Å². The molecule has 0 unspecified atom stereocenters. The van der Waals surface area contributed by atoms with Gasteiger partial charge in [0.25, 0.3) is 0 Å². The van der Waals surface area contributed by atoms with Crippen molar-refractivity contribution in [1.29, 1.82) is 0 Å². The summed E-state index contributed by atoms with van der Waals surface area (Å²) in [5, 5.41) is 3.05. The molecule has 0 atom stereocenters. The lowest BCUT2D eigenvalue weighted by Gasteiger charge is -2.02. The first kappa shape index (κ1) is 20.9. The minimum absolute atomic E-state index is 0.199. The van der Waals surface area contributed by atoms with Gasteiger partial charge in [-0.1, -0.05) is 70.4 Å². The van der Waals surface area contributed by atoms with Gasteiger partial charge in [0.05, 0.1) is 6.54 Å². The lowest BCUT2D eigenvalue weighted by atomic mass is 10.1. The smallest absolute Gasteiger partial charge is 0.197 e. The molecule has 0 bridgehead atoms. The number of amidine groups is 1. The summed E-state index contributed by atoms with van der Waals surface area (Å²) in [7, 11) is 0. The number of nitrogens with one attached hydrogen (secondary N) is 1. The highest BCUT2D eigenvalue weighted by molar-refractivity contribution is 6.39. The molecule has 0 radical (unpaired) electrons. The van der Waals surface area contributed by atoms with Gasteiger partial charge in [-0.25, -0.2) is 0 Å². The van der Waals surface area contributed by atoms with Crippen LogP contribution in [0.2, 0.25) is 0 Å². The van der Waals surface area contributed by atoms with E-state index in [1.807, 2.05) is 0 Å². The predicted molar refractivity (Wildman–Crippen MR) is 105 cm³/mol. The lowest BCUT2D eigenvalue weighted by molar-refractivity contribution is -0.113. The highest BCUT2D eigenvalue weighted by Gasteiger charge is 2.13. The molecular weight excluding hydrogens is 296 g/mol. The molecule has 0 saturated heterocycles. The number of carbonyl (C=O) groups is 1. The lowest BCUT2D eigenvalue weighted by Crippen LogP contribution is -2.26. The highest BCUT2D eigenvalue weighted by Crippen LogP contribution is 2.10. The Labute approximate surface area is 149 Å². The van der Waals surface area contributed by atoms with Gasteiger partial charge in [-0.2, -0.15) is 0 Å². The number of hydrogen-bond donors (Lipinski definition) is 1. The second-order valence-corrected chi connectivity index (χ2v) is 6.91. The van der Waals surface area contributed by atoms with E-state index in [-0.39, 0.29) is 5.78 Å². The SMILES string of the molecule is CCCCCCCC/C=C\CCCCCCCC(=O)C1=NCCN1. The third-order valence-electron chi connectivity index (χ3n) is 4.60. The van der Waals surface area contributed by atoms with Gasteiger partial charge in [0.1, 0.15) is 0 Å². The first-order chi connectivity index (χ1) is 11.8. The van der Waals surface area contributed by atoms with Gasteiger partial charge >= 0.3 is 0 Å². The maximum atomic E-state index is 11.8. The van der Waals surface area contributed by atoms with E-state index in [0.717, 1.165) is 19.5 Å². The number of ketones is 1. The number of nitrogens with zero attached hydrogens (tertiary/aromatic N) is 1. The first-order valence-electron chi connectivity index (χ1n) is 10.3. The van der Waals surface area contributed by atoms with Crippen LogP contribution in [0.1, 0.15) is 96.8 Å². The number of hydrogen-bond acceptors (Lipinski definition) is 3. The fourth-order valence-corrected chi connectivity index (χ4v) is 3.06. The van der Waals surface area contributed by atoms with Crippen molar-refractivity contribution in [3.63, 3.8) is 0 Å². The van der Waals surface area contributed by atoms with E-state index in [0.29, 0.717) is 12.3 Å². The summed E-state index contributed by atoms with van der Waals surface area (Å²) in [5.41, 5.74) is 0. The van der Waals surface area contributed by atoms with Gasteiger partial charge in [0, 0.05) is 13.0 Å². The first-order valence-corrected chi connectivity index (χ1v) is 10.3. The average molecular weight is 335 g/mol. The average Bonchev–Trinajstić information content (AvgIpc) is 3.13. The van der Waals surface area contributed by atoms with Crippen LogP contribution in [0, 0.1) is 0 Å². The molecule has 3 nitrogen and oxygen atoms in total. The molecule has 0 saturated carbocycles. The molecule has 0 aliphatic carbocycles. The van der Waals surface area contributed by atoms with Crippen molar-refractivity contribution < 1.29 is 4.79 Å². The van der Waals surface area contributed by atoms with Crippen LogP contribution >= 0.6 is 0 Å². The zero-order valence-electron chi connectivity index (χ0n) is 15.8. The van der Waals surface area contributed by atoms with Crippen LogP contribution in [0.3, 0.4) is 0 Å². The summed E-state index contributed by atoms with van der Waals surface area (Å²) in [5.74, 6) is 0.815. The van der Waals surface area contributed by atoms with Gasteiger partial charge in [-0.15, -0.1) is 0 Å². The molecular formula is C21H38N2O. The van der Waals surface area contributed by atoms with Crippen molar-refractivity contribution in [2.45, 2.75) is 96.8 Å². The van der Waals surface area contributed by atoms with Crippen molar-refractivity contribution in [1.82, 2.24) is 5.32 Å². The standard InChI is InChI=1S/C21H38N2O/c1-2-3-4-5-6-7-8-9-10-11-12-13-14-15-16-17-20(24)21-22-18-19-23-21/h9-10H,2-8,11-19H2,1H3,(H,22,23)/b10-9-. The second-order valence-electron chi connectivity index (χ2n) is 6.91. The van der Waals surface area contributed by atoms with Crippen LogP contribution in [0.4, 0.5) is 0 Å². The van der Waals surface area contributed by atoms with E-state index in [1.165, 1.54) is 77.0 Å². The fraction of sp³-hybridized carbons (Fsp3) is 0.810. The Morgan fingerprint density at radius 2 is 1.50 bits per heavy atom. The molecule has 1 aliphatic heterocycles. The van der Waals surface area contributed by atoms with E-state index in [2.05, 4.69) is 29.4 Å². The highest BCUT2D eigenvalue weighted by atomic mass is 16.1. The normalized spacial score (nSPS) is 14.1. The van der Waals surface area contributed by atoms with E-state index >= 15 is 0 Å². The molecule has 0 spiro atoms. The van der Waals surface area contributed by atoms with E-state index in [9.17, 15) is 4.79 Å². The van der Waals surface area contributed by atoms with Crippen LogP contribution < -0.4 is 5.32 Å². The predicted octanol–water partition coefficient (Wildman–Crippen LogP) is 5.59. The van der Waals surface area contributed by atoms with E-state index in [4.69, 9.17) is 0 Å². The maximum Gasteiger partial charge on any atom is 0.197 e. The van der Waals surface area contributed by atoms with Crippen LogP contribution in [-0.4, -0.2) is 24.7 Å². The molecule has 1 rings (SSSR count). The molecule has 0 aromatic rings. The third kappa shape index (κ3) is 11.4. The van der Waals surface area contributed by atoms with Crippen LogP contribution in [0.25, 0.3) is 0 Å². The molecule has 1 heterocycles. The molecule has 0 amide bonds. The summed E-state index contributed by atoms with van der Waals surface area (Å²) in [4.78, 5) is 15.9. The Balaban J connectivity index is 1.78. The minimum Gasteiger partial charge on any atom is -0.366 e. The Morgan fingerprint density at radius 3 is 2.08 bits per heavy atom. The zero-order valence-corrected chi connectivity index (χ0v) is 15.8. The second kappa shape index (κ2) is 15.4. The van der Waals surface area contributed by atoms with Gasteiger partial charge in [0.2, 0.25) is 0 Å². The quantitative estimate of drug-likeness (QED) is 0.295. The van der Waals surface area contributed by atoms with E-state index in [1.54, 1.807) is 0 Å². The van der Waals surface area contributed by atoms with Crippen molar-refractivity contribution in [2.24, 2.45) is 4.99 Å². The molecule has 1 N–H and O–H groups in total. The number of carbonyl (C=O) groups excluding carboxylic acids is 1. The minimum atomic E-state index is 0.199. The summed E-state index contributed by atoms with van der Waals surface area (Å²) >= 11 is 0. The topological polar surface area (TPSA) is 41.5 Å². The van der Waals surface area contributed by atoms with Crippen LogP contribution in [0.15, 0.2) is 17.1 Å². The molecule has 3 heteroatoms. The zero-order chi connectivity index (χ0) is 17.3. The van der Waals surface area contributed by atoms with Gasteiger partial charge in [-0.05, 0) is 32.1 Å². The molecule has 24 heavy (non-hydrogen) atoms. The van der Waals surface area contributed by atoms with Gasteiger partial charge in [-0.3, -0.25) is 9.79 Å². The summed E-state index contributed by atoms with van der Waals surface area (Å²) in [6, 6.07) is 0. The monoisotopic (exact) mass is 334 g/mol. The van der Waals surface area contributed by atoms with E-state index < -0.39 is 0 Å². The number of unbranched alkanes of at least 4 members (excludes halogenated alkanes) is 11. The fourth-order valence-electron chi connectivity index (χ4n) is 3.06. The maximum absolute atomic E-state index is 11.8. The Kier molecular flexibility index (Phi) is 13.4. The molecule has 138 valence electrons. The number of allylic oxidation sites excluding steroid dienone is 2. The van der Waals surface area contributed by atoms with Crippen LogP contribution in [-0.2, 0) is 4.79 Å². The van der Waals surface area contributed by atoms with Crippen molar-refractivity contribution in [2.75, 3.05) is 13.1 Å². The number of Topliss-reactive ketones (excluding diaryl/α,β-unsaturated/α-hetero) is 1.